The number of piperidine rings is 1. The van der Waals surface area contributed by atoms with E-state index in [0.717, 1.165) is 44.2 Å². The summed E-state index contributed by atoms with van der Waals surface area (Å²) in [5.74, 6) is -0.0846. The van der Waals surface area contributed by atoms with Crippen LogP contribution in [0, 0.1) is 5.82 Å². The van der Waals surface area contributed by atoms with Crippen LogP contribution in [0.25, 0.3) is 22.2 Å². The predicted molar refractivity (Wildman–Crippen MR) is 147 cm³/mol. The molecule has 0 amide bonds. The Morgan fingerprint density at radius 3 is 2.77 bits per heavy atom. The highest BCUT2D eigenvalue weighted by atomic mass is 35.5. The van der Waals surface area contributed by atoms with Crippen molar-refractivity contribution in [2.45, 2.75) is 68.7 Å². The van der Waals surface area contributed by atoms with E-state index >= 15 is 4.39 Å². The third-order valence-electron chi connectivity index (χ3n) is 8.93. The maximum absolute atomic E-state index is 16.4. The number of aliphatic hydroxyl groups is 1. The number of aliphatic hydroxyl groups excluding tert-OH is 1. The Labute approximate surface area is 236 Å². The van der Waals surface area contributed by atoms with Gasteiger partial charge in [0, 0.05) is 42.8 Å². The molecule has 7 rings (SSSR count). The van der Waals surface area contributed by atoms with Gasteiger partial charge in [0.1, 0.15) is 35.6 Å². The lowest BCUT2D eigenvalue weighted by molar-refractivity contribution is 0.107. The van der Waals surface area contributed by atoms with Crippen LogP contribution in [-0.2, 0) is 0 Å². The van der Waals surface area contributed by atoms with Gasteiger partial charge in [-0.2, -0.15) is 9.97 Å². The van der Waals surface area contributed by atoms with Crippen molar-refractivity contribution in [1.29, 1.82) is 0 Å². The number of alkyl halides is 1. The van der Waals surface area contributed by atoms with Gasteiger partial charge in [0.2, 0.25) is 0 Å². The summed E-state index contributed by atoms with van der Waals surface area (Å²) < 4.78 is 36.9. The molecule has 3 aromatic rings. The second-order valence-electron chi connectivity index (χ2n) is 11.8. The van der Waals surface area contributed by atoms with Crippen LogP contribution in [0.1, 0.15) is 56.4 Å². The SMILES string of the molecule is Oc1cc(Cl)c(C2CC2)c(-c2ncc3c(N4CCC[C@@H](O)C4)nc(OC[C@@]45CCCN4C[C@H](F)C5)nc3c2F)c1. The van der Waals surface area contributed by atoms with E-state index in [1.807, 2.05) is 4.90 Å². The Hall–Kier alpha value is -2.82. The number of nitrogens with zero attached hydrogens (tertiary/aromatic N) is 5. The van der Waals surface area contributed by atoms with Crippen LogP contribution in [0.3, 0.4) is 0 Å². The number of anilines is 1. The number of aromatic hydroxyl groups is 1. The smallest absolute Gasteiger partial charge is 0.319 e. The van der Waals surface area contributed by atoms with Gasteiger partial charge in [0.05, 0.1) is 17.0 Å². The lowest BCUT2D eigenvalue weighted by Gasteiger charge is -2.32. The fourth-order valence-corrected chi connectivity index (χ4v) is 7.26. The summed E-state index contributed by atoms with van der Waals surface area (Å²) in [5.41, 5.74) is 0.916. The van der Waals surface area contributed by atoms with Gasteiger partial charge in [-0.25, -0.2) is 8.78 Å². The molecule has 1 saturated carbocycles. The third-order valence-corrected chi connectivity index (χ3v) is 9.24. The highest BCUT2D eigenvalue weighted by molar-refractivity contribution is 6.32. The second-order valence-corrected chi connectivity index (χ2v) is 12.2. The van der Waals surface area contributed by atoms with Gasteiger partial charge in [-0.3, -0.25) is 9.88 Å². The van der Waals surface area contributed by atoms with E-state index in [1.54, 1.807) is 6.20 Å². The lowest BCUT2D eigenvalue weighted by atomic mass is 9.95. The van der Waals surface area contributed by atoms with Crippen LogP contribution in [0.15, 0.2) is 18.3 Å². The number of ether oxygens (including phenoxy) is 1. The molecule has 5 heterocycles. The van der Waals surface area contributed by atoms with Crippen molar-refractivity contribution in [2.75, 3.05) is 37.7 Å². The summed E-state index contributed by atoms with van der Waals surface area (Å²) in [7, 11) is 0. The van der Waals surface area contributed by atoms with Gasteiger partial charge in [0.25, 0.3) is 0 Å². The number of β-amino-alcohol motifs (C(OH)–C–C–N with tert-alkyl or cyclic N) is 1. The summed E-state index contributed by atoms with van der Waals surface area (Å²) in [5, 5.41) is 21.5. The van der Waals surface area contributed by atoms with Gasteiger partial charge in [-0.05, 0) is 68.7 Å². The minimum Gasteiger partial charge on any atom is -0.508 e. The number of hydrogen-bond donors (Lipinski definition) is 2. The molecule has 4 aliphatic rings. The quantitative estimate of drug-likeness (QED) is 0.428. The summed E-state index contributed by atoms with van der Waals surface area (Å²) in [6, 6.07) is 2.99. The highest BCUT2D eigenvalue weighted by Crippen LogP contribution is 2.49. The number of phenols is 1. The highest BCUT2D eigenvalue weighted by Gasteiger charge is 2.49. The molecular formula is C29H32ClF2N5O3. The molecule has 3 atom stereocenters. The van der Waals surface area contributed by atoms with Gasteiger partial charge in [-0.15, -0.1) is 0 Å². The molecule has 0 unspecified atom stereocenters. The van der Waals surface area contributed by atoms with Crippen molar-refractivity contribution in [1.82, 2.24) is 19.9 Å². The number of phenolic OH excluding ortho intramolecular Hbond substituents is 1. The maximum Gasteiger partial charge on any atom is 0.319 e. The topological polar surface area (TPSA) is 94.8 Å². The molecule has 3 saturated heterocycles. The average Bonchev–Trinajstić information content (AvgIpc) is 3.60. The van der Waals surface area contributed by atoms with Crippen LogP contribution in [0.4, 0.5) is 14.6 Å². The molecule has 11 heteroatoms. The van der Waals surface area contributed by atoms with E-state index in [2.05, 4.69) is 19.9 Å². The van der Waals surface area contributed by atoms with Gasteiger partial charge >= 0.3 is 6.01 Å². The van der Waals surface area contributed by atoms with E-state index in [1.165, 1.54) is 12.1 Å². The van der Waals surface area contributed by atoms with E-state index in [0.29, 0.717) is 54.3 Å². The number of hydrogen-bond acceptors (Lipinski definition) is 8. The van der Waals surface area contributed by atoms with E-state index in [-0.39, 0.29) is 35.5 Å². The first kappa shape index (κ1) is 26.1. The number of fused-ring (bicyclic) bond motifs is 2. The largest absolute Gasteiger partial charge is 0.508 e. The van der Waals surface area contributed by atoms with Crippen molar-refractivity contribution in [3.05, 3.63) is 34.7 Å². The van der Waals surface area contributed by atoms with Crippen molar-refractivity contribution < 1.29 is 23.7 Å². The first-order valence-corrected chi connectivity index (χ1v) is 14.5. The lowest BCUT2D eigenvalue weighted by Crippen LogP contribution is -2.43. The number of pyridine rings is 1. The molecule has 1 aromatic carbocycles. The molecule has 2 N–H and O–H groups in total. The van der Waals surface area contributed by atoms with Crippen LogP contribution in [0.5, 0.6) is 11.8 Å². The van der Waals surface area contributed by atoms with E-state index < -0.39 is 23.6 Å². The minimum atomic E-state index is -0.896. The zero-order chi connectivity index (χ0) is 27.6. The molecule has 1 aliphatic carbocycles. The zero-order valence-corrected chi connectivity index (χ0v) is 22.9. The Bertz CT molecular complexity index is 1470. The predicted octanol–water partition coefficient (Wildman–Crippen LogP) is 4.98. The second kappa shape index (κ2) is 9.92. The van der Waals surface area contributed by atoms with E-state index in [4.69, 9.17) is 16.3 Å². The fraction of sp³-hybridized carbons (Fsp3) is 0.552. The molecule has 3 aliphatic heterocycles. The Kier molecular flexibility index (Phi) is 6.47. The molecule has 0 spiro atoms. The number of aromatic nitrogens is 3. The molecular weight excluding hydrogens is 540 g/mol. The average molecular weight is 572 g/mol. The molecule has 2 aromatic heterocycles. The molecule has 0 radical (unpaired) electrons. The molecule has 4 fully saturated rings. The number of benzene rings is 1. The standard InChI is InChI=1S/C29H32ClF2N5O3/c30-22-10-19(39)9-20(23(22)16-4-5-16)25-24(32)26-21(12-33-25)27(36-7-1-3-18(38)14-36)35-28(34-26)40-15-29-6-2-8-37(29)13-17(31)11-29/h9-10,12,16-18,38-39H,1-8,11,13-15H2/t17-,18-,29+/m1/s1. The van der Waals surface area contributed by atoms with Crippen molar-refractivity contribution in [2.24, 2.45) is 0 Å². The van der Waals surface area contributed by atoms with Crippen LogP contribution in [-0.4, -0.2) is 80.7 Å². The Balaban J connectivity index is 1.33. The first-order valence-electron chi connectivity index (χ1n) is 14.2. The van der Waals surface area contributed by atoms with Crippen molar-refractivity contribution in [3.8, 4) is 23.0 Å². The summed E-state index contributed by atoms with van der Waals surface area (Å²) in [6.45, 7) is 2.44. The number of rotatable bonds is 6. The number of halogens is 3. The minimum absolute atomic E-state index is 0.0125. The van der Waals surface area contributed by atoms with Crippen molar-refractivity contribution >= 4 is 28.3 Å². The van der Waals surface area contributed by atoms with Crippen LogP contribution in [0.2, 0.25) is 5.02 Å². The molecule has 0 bridgehead atoms. The van der Waals surface area contributed by atoms with Crippen molar-refractivity contribution in [3.63, 3.8) is 0 Å². The summed E-state index contributed by atoms with van der Waals surface area (Å²) in [6.07, 6.45) is 5.65. The normalized spacial score (nSPS) is 26.9. The van der Waals surface area contributed by atoms with Crippen LogP contribution < -0.4 is 9.64 Å². The van der Waals surface area contributed by atoms with Gasteiger partial charge in [-0.1, -0.05) is 11.6 Å². The maximum atomic E-state index is 16.4. The molecule has 212 valence electrons. The van der Waals surface area contributed by atoms with Gasteiger partial charge < -0.3 is 19.8 Å². The Morgan fingerprint density at radius 1 is 1.12 bits per heavy atom. The summed E-state index contributed by atoms with van der Waals surface area (Å²) >= 11 is 6.50. The van der Waals surface area contributed by atoms with Crippen LogP contribution >= 0.6 is 11.6 Å². The van der Waals surface area contributed by atoms with E-state index in [9.17, 15) is 14.6 Å². The monoisotopic (exact) mass is 571 g/mol. The first-order chi connectivity index (χ1) is 19.3. The third kappa shape index (κ3) is 4.54. The fourth-order valence-electron chi connectivity index (χ4n) is 6.90. The summed E-state index contributed by atoms with van der Waals surface area (Å²) in [4.78, 5) is 17.7. The molecule has 40 heavy (non-hydrogen) atoms. The van der Waals surface area contributed by atoms with Gasteiger partial charge in [0.15, 0.2) is 5.82 Å². The zero-order valence-electron chi connectivity index (χ0n) is 22.1. The molecule has 8 nitrogen and oxygen atoms in total. The Morgan fingerprint density at radius 2 is 1.98 bits per heavy atom.